The van der Waals surface area contributed by atoms with Crippen molar-refractivity contribution < 1.29 is 22.7 Å². The number of benzene rings is 1. The second-order valence-electron chi connectivity index (χ2n) is 9.33. The SMILES string of the molecule is NCc1csc2c1S(=O)(=O)N=C(C1=C(O)C3C([C@@H]4CC[C@H]3C4)N(Cc3ccc(F)cc3)C1=O)N2. The Morgan fingerprint density at radius 2 is 1.97 bits per heavy atom. The molecule has 2 bridgehead atoms. The van der Waals surface area contributed by atoms with Crippen LogP contribution >= 0.6 is 11.3 Å². The minimum absolute atomic E-state index is 0.0214. The summed E-state index contributed by atoms with van der Waals surface area (Å²) in [6.07, 6.45) is 2.84. The van der Waals surface area contributed by atoms with Gasteiger partial charge in [0.15, 0.2) is 5.84 Å². The van der Waals surface area contributed by atoms with Crippen LogP contribution in [0.3, 0.4) is 0 Å². The smallest absolute Gasteiger partial charge is 0.287 e. The molecule has 0 radical (unpaired) electrons. The number of sulfonamides is 1. The van der Waals surface area contributed by atoms with Crippen LogP contribution in [-0.2, 0) is 27.9 Å². The van der Waals surface area contributed by atoms with Crippen LogP contribution in [-0.4, -0.2) is 36.2 Å². The van der Waals surface area contributed by atoms with Gasteiger partial charge in [-0.15, -0.1) is 15.7 Å². The normalized spacial score (nSPS) is 29.1. The van der Waals surface area contributed by atoms with E-state index in [1.807, 2.05) is 0 Å². The second kappa shape index (κ2) is 7.62. The molecule has 3 heterocycles. The lowest BCUT2D eigenvalue weighted by atomic mass is 9.77. The molecule has 4 aliphatic rings. The van der Waals surface area contributed by atoms with E-state index < -0.39 is 15.9 Å². The quantitative estimate of drug-likeness (QED) is 0.590. The molecular formula is C23H23FN4O4S2. The topological polar surface area (TPSA) is 125 Å². The van der Waals surface area contributed by atoms with Gasteiger partial charge in [0, 0.05) is 25.0 Å². The summed E-state index contributed by atoms with van der Waals surface area (Å²) < 4.78 is 43.4. The van der Waals surface area contributed by atoms with E-state index in [1.165, 1.54) is 23.5 Å². The molecule has 1 aromatic carbocycles. The Morgan fingerprint density at radius 1 is 1.24 bits per heavy atom. The molecule has 2 unspecified atom stereocenters. The Hall–Kier alpha value is -2.76. The number of nitrogens with two attached hydrogens (primary N) is 1. The van der Waals surface area contributed by atoms with Gasteiger partial charge in [0.05, 0.1) is 0 Å². The molecule has 6 rings (SSSR count). The predicted molar refractivity (Wildman–Crippen MR) is 125 cm³/mol. The highest BCUT2D eigenvalue weighted by Crippen LogP contribution is 2.55. The maximum atomic E-state index is 13.8. The minimum Gasteiger partial charge on any atom is -0.511 e. The van der Waals surface area contributed by atoms with E-state index in [4.69, 9.17) is 5.73 Å². The van der Waals surface area contributed by atoms with Gasteiger partial charge < -0.3 is 21.1 Å². The van der Waals surface area contributed by atoms with Crippen LogP contribution < -0.4 is 11.1 Å². The molecule has 2 fully saturated rings. The van der Waals surface area contributed by atoms with Crippen molar-refractivity contribution in [1.29, 1.82) is 0 Å². The molecule has 2 aliphatic carbocycles. The van der Waals surface area contributed by atoms with Crippen LogP contribution in [0.5, 0.6) is 0 Å². The van der Waals surface area contributed by atoms with Crippen LogP contribution in [0.2, 0.25) is 0 Å². The van der Waals surface area contributed by atoms with Gasteiger partial charge in [0.2, 0.25) is 0 Å². The van der Waals surface area contributed by atoms with Gasteiger partial charge >= 0.3 is 0 Å². The number of fused-ring (bicyclic) bond motifs is 6. The van der Waals surface area contributed by atoms with Crippen molar-refractivity contribution >= 4 is 38.1 Å². The molecular weight excluding hydrogens is 479 g/mol. The van der Waals surface area contributed by atoms with Gasteiger partial charge in [-0.05, 0) is 59.7 Å². The third-order valence-electron chi connectivity index (χ3n) is 7.52. The first kappa shape index (κ1) is 21.8. The van der Waals surface area contributed by atoms with Crippen molar-refractivity contribution in [2.45, 2.75) is 43.3 Å². The standard InChI is InChI=1S/C23H23FN4O4S2/c24-15-5-1-11(2-6-15)9-28-18-13-4-3-12(7-13)16(18)19(29)17(23(28)30)21-26-22-20(34(31,32)27-21)14(8-25)10-33-22/h1-2,5-6,10,12-13,16,18,29H,3-4,7-9,25H2,(H,26,27)/t12-,13+,16?,18?/m0/s1. The van der Waals surface area contributed by atoms with Gasteiger partial charge in [-0.3, -0.25) is 4.79 Å². The minimum atomic E-state index is -4.10. The summed E-state index contributed by atoms with van der Waals surface area (Å²) in [6.45, 7) is 0.282. The molecule has 1 amide bonds. The number of anilines is 1. The molecule has 0 spiro atoms. The number of aliphatic hydroxyl groups is 1. The molecule has 2 aromatic rings. The monoisotopic (exact) mass is 502 g/mol. The predicted octanol–water partition coefficient (Wildman–Crippen LogP) is 3.13. The lowest BCUT2D eigenvalue weighted by molar-refractivity contribution is -0.134. The number of carbonyl (C=O) groups excluding carboxylic acids is 1. The molecule has 2 aliphatic heterocycles. The first-order valence-corrected chi connectivity index (χ1v) is 13.5. The van der Waals surface area contributed by atoms with Crippen molar-refractivity contribution in [3.8, 4) is 0 Å². The maximum absolute atomic E-state index is 13.8. The van der Waals surface area contributed by atoms with Crippen molar-refractivity contribution in [2.75, 3.05) is 5.32 Å². The van der Waals surface area contributed by atoms with Crippen molar-refractivity contribution in [1.82, 2.24) is 4.90 Å². The Morgan fingerprint density at radius 3 is 2.71 bits per heavy atom. The Labute approximate surface area is 200 Å². The third-order valence-corrected chi connectivity index (χ3v) is 10.00. The van der Waals surface area contributed by atoms with Crippen LogP contribution in [0.1, 0.15) is 30.4 Å². The molecule has 11 heteroatoms. The van der Waals surface area contributed by atoms with E-state index in [0.29, 0.717) is 10.6 Å². The number of amidine groups is 1. The summed E-state index contributed by atoms with van der Waals surface area (Å²) in [5.41, 5.74) is 6.80. The van der Waals surface area contributed by atoms with Crippen LogP contribution in [0.25, 0.3) is 0 Å². The number of thiophene rings is 1. The van der Waals surface area contributed by atoms with E-state index >= 15 is 0 Å². The lowest BCUT2D eigenvalue weighted by Crippen LogP contribution is -2.53. The second-order valence-corrected chi connectivity index (χ2v) is 11.8. The van der Waals surface area contributed by atoms with Gasteiger partial charge in [0.25, 0.3) is 15.9 Å². The summed E-state index contributed by atoms with van der Waals surface area (Å²) in [7, 11) is -4.10. The number of nitrogens with one attached hydrogen (secondary N) is 1. The van der Waals surface area contributed by atoms with Crippen molar-refractivity contribution in [3.63, 3.8) is 0 Å². The number of aliphatic hydroxyl groups excluding tert-OH is 1. The van der Waals surface area contributed by atoms with E-state index in [0.717, 1.165) is 24.8 Å². The van der Waals surface area contributed by atoms with Crippen molar-refractivity contribution in [3.05, 3.63) is 57.9 Å². The van der Waals surface area contributed by atoms with Crippen molar-refractivity contribution in [2.24, 2.45) is 27.9 Å². The zero-order valence-electron chi connectivity index (χ0n) is 18.1. The average Bonchev–Trinajstić information content (AvgIpc) is 3.52. The molecule has 4 atom stereocenters. The van der Waals surface area contributed by atoms with E-state index in [-0.39, 0.29) is 64.8 Å². The number of carbonyl (C=O) groups is 1. The number of amides is 1. The van der Waals surface area contributed by atoms with E-state index in [2.05, 4.69) is 9.71 Å². The number of nitrogens with zero attached hydrogens (tertiary/aromatic N) is 2. The summed E-state index contributed by atoms with van der Waals surface area (Å²) in [6, 6.07) is 5.79. The average molecular weight is 503 g/mol. The summed E-state index contributed by atoms with van der Waals surface area (Å²) in [4.78, 5) is 15.5. The molecule has 34 heavy (non-hydrogen) atoms. The molecule has 8 nitrogen and oxygen atoms in total. The number of hydrogen-bond acceptors (Lipinski definition) is 7. The number of halogens is 1. The van der Waals surface area contributed by atoms with Crippen LogP contribution in [0.4, 0.5) is 9.39 Å². The van der Waals surface area contributed by atoms with Gasteiger partial charge in [-0.2, -0.15) is 8.42 Å². The Bertz CT molecular complexity index is 1370. The molecule has 0 saturated heterocycles. The zero-order valence-corrected chi connectivity index (χ0v) is 19.7. The van der Waals surface area contributed by atoms with Gasteiger partial charge in [-0.1, -0.05) is 12.1 Å². The van der Waals surface area contributed by atoms with Crippen LogP contribution in [0.15, 0.2) is 50.3 Å². The Balaban J connectivity index is 1.44. The molecule has 4 N–H and O–H groups in total. The highest BCUT2D eigenvalue weighted by molar-refractivity contribution is 7.90. The third kappa shape index (κ3) is 3.14. The number of hydrogen-bond donors (Lipinski definition) is 3. The maximum Gasteiger partial charge on any atom is 0.287 e. The highest BCUT2D eigenvalue weighted by atomic mass is 32.2. The van der Waals surface area contributed by atoms with Crippen LogP contribution in [0, 0.1) is 23.6 Å². The molecule has 1 aromatic heterocycles. The summed E-state index contributed by atoms with van der Waals surface area (Å²) in [5.74, 6) is -0.873. The zero-order chi connectivity index (χ0) is 23.8. The van der Waals surface area contributed by atoms with E-state index in [1.54, 1.807) is 22.4 Å². The van der Waals surface area contributed by atoms with Gasteiger partial charge in [0.1, 0.15) is 27.0 Å². The fourth-order valence-electron chi connectivity index (χ4n) is 6.13. The molecule has 2 saturated carbocycles. The number of rotatable bonds is 4. The summed E-state index contributed by atoms with van der Waals surface area (Å²) >= 11 is 1.17. The highest BCUT2D eigenvalue weighted by Gasteiger charge is 2.57. The fraction of sp³-hybridized carbons (Fsp3) is 0.391. The lowest BCUT2D eigenvalue weighted by Gasteiger charge is -2.44. The first-order chi connectivity index (χ1) is 16.3. The van der Waals surface area contributed by atoms with E-state index in [9.17, 15) is 22.7 Å². The first-order valence-electron chi connectivity index (χ1n) is 11.2. The Kier molecular flexibility index (Phi) is 4.88. The largest absolute Gasteiger partial charge is 0.511 e. The fourth-order valence-corrected chi connectivity index (χ4v) is 8.76. The van der Waals surface area contributed by atoms with Gasteiger partial charge in [-0.25, -0.2) is 4.39 Å². The summed E-state index contributed by atoms with van der Waals surface area (Å²) in [5, 5.41) is 16.3. The molecule has 178 valence electrons.